The van der Waals surface area contributed by atoms with Crippen molar-refractivity contribution < 1.29 is 9.84 Å². The molecule has 1 heterocycles. The van der Waals surface area contributed by atoms with E-state index in [1.165, 1.54) is 11.1 Å². The number of aliphatic hydroxyl groups excluding tert-OH is 1. The molecule has 0 spiro atoms. The van der Waals surface area contributed by atoms with Gasteiger partial charge in [0.2, 0.25) is 0 Å². The van der Waals surface area contributed by atoms with Crippen LogP contribution in [0.1, 0.15) is 17.2 Å². The number of piperazine rings is 1. The summed E-state index contributed by atoms with van der Waals surface area (Å²) in [6.07, 6.45) is 0. The molecule has 5 nitrogen and oxygen atoms in total. The van der Waals surface area contributed by atoms with E-state index in [9.17, 15) is 0 Å². The Morgan fingerprint density at radius 2 is 1.76 bits per heavy atom. The zero-order chi connectivity index (χ0) is 23.2. The third-order valence-corrected chi connectivity index (χ3v) is 6.33. The number of aliphatic hydroxyl groups is 1. The van der Waals surface area contributed by atoms with E-state index in [4.69, 9.17) is 39.6 Å². The lowest BCUT2D eigenvalue weighted by Gasteiger charge is -2.43. The van der Waals surface area contributed by atoms with Crippen molar-refractivity contribution in [1.82, 2.24) is 4.90 Å². The highest BCUT2D eigenvalue weighted by Gasteiger charge is 2.30. The molecule has 1 aliphatic rings. The third kappa shape index (κ3) is 5.79. The predicted octanol–water partition coefficient (Wildman–Crippen LogP) is 5.98. The molecule has 0 amide bonds. The van der Waals surface area contributed by atoms with E-state index in [-0.39, 0.29) is 19.3 Å². The largest absolute Gasteiger partial charge is 0.491 e. The summed E-state index contributed by atoms with van der Waals surface area (Å²) in [5.74, 6) is 0.641. The summed E-state index contributed by atoms with van der Waals surface area (Å²) in [5, 5.41) is 10.3. The highest BCUT2D eigenvalue weighted by atomic mass is 35.5. The van der Waals surface area contributed by atoms with Crippen molar-refractivity contribution in [2.75, 3.05) is 37.7 Å². The number of hydrogen-bond donors (Lipinski definition) is 1. The minimum absolute atomic E-state index is 0.0411. The van der Waals surface area contributed by atoms with Crippen molar-refractivity contribution in [2.24, 2.45) is 0 Å². The van der Waals surface area contributed by atoms with Crippen LogP contribution < -0.4 is 9.64 Å². The van der Waals surface area contributed by atoms with Crippen molar-refractivity contribution in [3.63, 3.8) is 0 Å². The molecule has 0 unspecified atom stereocenters. The van der Waals surface area contributed by atoms with Crippen molar-refractivity contribution in [2.45, 2.75) is 12.6 Å². The first kappa shape index (κ1) is 23.4. The lowest BCUT2D eigenvalue weighted by Crippen LogP contribution is -2.48. The Bertz CT molecular complexity index is 1110. The first-order valence-electron chi connectivity index (χ1n) is 10.8. The average molecular weight is 482 g/mol. The second-order valence-electron chi connectivity index (χ2n) is 7.96. The van der Waals surface area contributed by atoms with E-state index < -0.39 is 0 Å². The molecule has 170 valence electrons. The van der Waals surface area contributed by atoms with Gasteiger partial charge in [0, 0.05) is 37.3 Å². The van der Waals surface area contributed by atoms with Gasteiger partial charge in [0.25, 0.3) is 0 Å². The van der Waals surface area contributed by atoms with Crippen LogP contribution in [0.15, 0.2) is 66.7 Å². The zero-order valence-electron chi connectivity index (χ0n) is 18.1. The van der Waals surface area contributed by atoms with Crippen molar-refractivity contribution in [1.29, 1.82) is 0 Å². The van der Waals surface area contributed by atoms with Crippen LogP contribution in [0.5, 0.6) is 5.75 Å². The lowest BCUT2D eigenvalue weighted by molar-refractivity contribution is 0.201. The van der Waals surface area contributed by atoms with Crippen molar-refractivity contribution in [3.05, 3.63) is 99.3 Å². The van der Waals surface area contributed by atoms with Crippen LogP contribution in [0.2, 0.25) is 10.0 Å². The summed E-state index contributed by atoms with van der Waals surface area (Å²) in [6, 6.07) is 21.5. The summed E-state index contributed by atoms with van der Waals surface area (Å²) in [7, 11) is 0. The van der Waals surface area contributed by atoms with Gasteiger partial charge in [-0.15, -0.1) is 0 Å². The molecule has 1 N–H and O–H groups in total. The Kier molecular flexibility index (Phi) is 7.74. The Morgan fingerprint density at radius 3 is 2.42 bits per heavy atom. The fourth-order valence-electron chi connectivity index (χ4n) is 4.15. The third-order valence-electron chi connectivity index (χ3n) is 5.78. The van der Waals surface area contributed by atoms with Gasteiger partial charge in [-0.2, -0.15) is 0 Å². The first-order chi connectivity index (χ1) is 16.1. The standard InChI is InChI=1S/C26H25Cl2N3O2/c1-29-22-8-2-19(3-9-22)17-30-12-13-31(26(18-30)20-4-6-21(27)7-5-20)25-11-10-23(16-24(25)28)33-15-14-32/h2-11,16,26,32H,12-15,17-18H2/t26-/m0/s1. The molecule has 1 atom stereocenters. The number of anilines is 1. The van der Waals surface area contributed by atoms with Crippen LogP contribution in [0.4, 0.5) is 11.4 Å². The van der Waals surface area contributed by atoms with Gasteiger partial charge in [0.05, 0.1) is 29.9 Å². The predicted molar refractivity (Wildman–Crippen MR) is 134 cm³/mol. The number of halogens is 2. The molecule has 3 aromatic rings. The molecular weight excluding hydrogens is 457 g/mol. The number of benzene rings is 3. The van der Waals surface area contributed by atoms with Crippen LogP contribution >= 0.6 is 23.2 Å². The highest BCUT2D eigenvalue weighted by molar-refractivity contribution is 6.33. The molecule has 0 bridgehead atoms. The van der Waals surface area contributed by atoms with Gasteiger partial charge in [-0.25, -0.2) is 4.85 Å². The van der Waals surface area contributed by atoms with E-state index in [1.807, 2.05) is 48.5 Å². The number of ether oxygens (including phenoxy) is 1. The van der Waals surface area contributed by atoms with E-state index in [0.29, 0.717) is 21.5 Å². The van der Waals surface area contributed by atoms with E-state index >= 15 is 0 Å². The number of rotatable bonds is 7. The van der Waals surface area contributed by atoms with Gasteiger partial charge in [-0.05, 0) is 35.4 Å². The zero-order valence-corrected chi connectivity index (χ0v) is 19.6. The van der Waals surface area contributed by atoms with Crippen LogP contribution in [-0.4, -0.2) is 42.9 Å². The maximum Gasteiger partial charge on any atom is 0.187 e. The molecule has 33 heavy (non-hydrogen) atoms. The molecule has 1 fully saturated rings. The van der Waals surface area contributed by atoms with E-state index in [0.717, 1.165) is 31.9 Å². The first-order valence-corrected chi connectivity index (χ1v) is 11.6. The molecular formula is C26H25Cl2N3O2. The van der Waals surface area contributed by atoms with Gasteiger partial charge in [-0.3, -0.25) is 4.90 Å². The molecule has 0 saturated carbocycles. The van der Waals surface area contributed by atoms with Crippen molar-refractivity contribution >= 4 is 34.6 Å². The maximum absolute atomic E-state index is 9.00. The van der Waals surface area contributed by atoms with Crippen LogP contribution in [0, 0.1) is 6.57 Å². The Morgan fingerprint density at radius 1 is 1.00 bits per heavy atom. The van der Waals surface area contributed by atoms with Gasteiger partial charge < -0.3 is 14.7 Å². The molecule has 1 aliphatic heterocycles. The van der Waals surface area contributed by atoms with Gasteiger partial charge in [-0.1, -0.05) is 59.6 Å². The van der Waals surface area contributed by atoms with E-state index in [2.05, 4.69) is 26.8 Å². The Balaban J connectivity index is 1.58. The van der Waals surface area contributed by atoms with E-state index in [1.54, 1.807) is 6.07 Å². The molecule has 7 heteroatoms. The molecule has 0 radical (unpaired) electrons. The molecule has 0 aliphatic carbocycles. The summed E-state index contributed by atoms with van der Waals surface area (Å²) >= 11 is 12.8. The minimum Gasteiger partial charge on any atom is -0.491 e. The lowest BCUT2D eigenvalue weighted by atomic mass is 10.0. The minimum atomic E-state index is -0.0411. The molecule has 0 aromatic heterocycles. The normalized spacial score (nSPS) is 16.4. The average Bonchev–Trinajstić information content (AvgIpc) is 2.84. The SMILES string of the molecule is [C-]#[N+]c1ccc(CN2CCN(c3ccc(OCCO)cc3Cl)[C@H](c3ccc(Cl)cc3)C2)cc1. The second kappa shape index (κ2) is 10.9. The smallest absolute Gasteiger partial charge is 0.187 e. The summed E-state index contributed by atoms with van der Waals surface area (Å²) in [5.41, 5.74) is 3.97. The summed E-state index contributed by atoms with van der Waals surface area (Å²) in [4.78, 5) is 8.24. The topological polar surface area (TPSA) is 40.3 Å². The number of nitrogens with zero attached hydrogens (tertiary/aromatic N) is 3. The molecule has 4 rings (SSSR count). The summed E-state index contributed by atoms with van der Waals surface area (Å²) in [6.45, 7) is 10.7. The fourth-order valence-corrected chi connectivity index (χ4v) is 4.55. The fraction of sp³-hybridized carbons (Fsp3) is 0.269. The van der Waals surface area contributed by atoms with Crippen LogP contribution in [0.3, 0.4) is 0 Å². The van der Waals surface area contributed by atoms with Gasteiger partial charge in [0.15, 0.2) is 5.69 Å². The second-order valence-corrected chi connectivity index (χ2v) is 8.80. The summed E-state index contributed by atoms with van der Waals surface area (Å²) < 4.78 is 5.51. The number of hydrogen-bond acceptors (Lipinski definition) is 4. The molecule has 1 saturated heterocycles. The molecule has 3 aromatic carbocycles. The maximum atomic E-state index is 9.00. The van der Waals surface area contributed by atoms with Gasteiger partial charge >= 0.3 is 0 Å². The van der Waals surface area contributed by atoms with Crippen molar-refractivity contribution in [3.8, 4) is 5.75 Å². The highest BCUT2D eigenvalue weighted by Crippen LogP contribution is 2.37. The monoisotopic (exact) mass is 481 g/mol. The Hall–Kier alpha value is -2.75. The van der Waals surface area contributed by atoms with Gasteiger partial charge in [0.1, 0.15) is 12.4 Å². The van der Waals surface area contributed by atoms with Crippen LogP contribution in [0.25, 0.3) is 4.85 Å². The Labute approximate surface area is 204 Å². The quantitative estimate of drug-likeness (QED) is 0.421. The van der Waals surface area contributed by atoms with Crippen LogP contribution in [-0.2, 0) is 6.54 Å².